The van der Waals surface area contributed by atoms with E-state index in [0.717, 1.165) is 29.9 Å². The number of nitrogens with zero attached hydrogens (tertiary/aromatic N) is 3. The van der Waals surface area contributed by atoms with Gasteiger partial charge in [-0.1, -0.05) is 25.6 Å². The van der Waals surface area contributed by atoms with Gasteiger partial charge in [0.05, 0.1) is 0 Å². The zero-order valence-corrected chi connectivity index (χ0v) is 13.7. The second kappa shape index (κ2) is 7.58. The number of rotatable bonds is 7. The first kappa shape index (κ1) is 16.1. The molecule has 0 fully saturated rings. The molecule has 19 heavy (non-hydrogen) atoms. The van der Waals surface area contributed by atoms with Crippen LogP contribution in [-0.2, 0) is 0 Å². The molecule has 0 saturated heterocycles. The minimum Gasteiger partial charge on any atom is -0.370 e. The Morgan fingerprint density at radius 2 is 1.95 bits per heavy atom. The van der Waals surface area contributed by atoms with Crippen LogP contribution in [0.3, 0.4) is 0 Å². The second-order valence-electron chi connectivity index (χ2n) is 5.27. The van der Waals surface area contributed by atoms with Crippen LogP contribution in [0.5, 0.6) is 0 Å². The van der Waals surface area contributed by atoms with E-state index >= 15 is 0 Å². The summed E-state index contributed by atoms with van der Waals surface area (Å²) in [7, 11) is 0. The first-order valence-electron chi connectivity index (χ1n) is 6.91. The van der Waals surface area contributed by atoms with E-state index in [1.165, 1.54) is 0 Å². The molecule has 0 spiro atoms. The number of hydrogen-bond donors (Lipinski definition) is 1. The quantitative estimate of drug-likeness (QED) is 0.612. The maximum atomic E-state index is 4.65. The standard InChI is InChI=1S/C14H26N4S/c1-7-15-12-8-13(17-14(16-12)19-6)18(11(4)5)9-10(2)3/h8,10-11H,7,9H2,1-6H3,(H,15,16,17). The second-order valence-corrected chi connectivity index (χ2v) is 6.04. The zero-order valence-electron chi connectivity index (χ0n) is 12.9. The van der Waals surface area contributed by atoms with Gasteiger partial charge in [0, 0.05) is 25.2 Å². The SMILES string of the molecule is CCNc1cc(N(CC(C)C)C(C)C)nc(SC)n1. The molecule has 5 heteroatoms. The average Bonchev–Trinajstić information content (AvgIpc) is 2.35. The summed E-state index contributed by atoms with van der Waals surface area (Å²) >= 11 is 1.58. The van der Waals surface area contributed by atoms with E-state index in [1.54, 1.807) is 11.8 Å². The lowest BCUT2D eigenvalue weighted by Crippen LogP contribution is -2.35. The molecule has 0 aliphatic heterocycles. The van der Waals surface area contributed by atoms with Crippen LogP contribution in [0.15, 0.2) is 11.2 Å². The maximum Gasteiger partial charge on any atom is 0.191 e. The molecule has 0 atom stereocenters. The fourth-order valence-corrected chi connectivity index (χ4v) is 2.26. The molecule has 0 aliphatic rings. The van der Waals surface area contributed by atoms with Crippen molar-refractivity contribution >= 4 is 23.4 Å². The monoisotopic (exact) mass is 282 g/mol. The van der Waals surface area contributed by atoms with Gasteiger partial charge in [-0.2, -0.15) is 0 Å². The average molecular weight is 282 g/mol. The molecule has 0 aliphatic carbocycles. The largest absolute Gasteiger partial charge is 0.370 e. The Morgan fingerprint density at radius 1 is 1.26 bits per heavy atom. The zero-order chi connectivity index (χ0) is 14.4. The van der Waals surface area contributed by atoms with Crippen LogP contribution < -0.4 is 10.2 Å². The van der Waals surface area contributed by atoms with Gasteiger partial charge in [-0.05, 0) is 32.9 Å². The van der Waals surface area contributed by atoms with Crippen LogP contribution in [0.4, 0.5) is 11.6 Å². The summed E-state index contributed by atoms with van der Waals surface area (Å²) in [6, 6.07) is 2.48. The van der Waals surface area contributed by atoms with Crippen LogP contribution in [0.2, 0.25) is 0 Å². The summed E-state index contributed by atoms with van der Waals surface area (Å²) in [6.45, 7) is 12.8. The summed E-state index contributed by atoms with van der Waals surface area (Å²) in [5.41, 5.74) is 0. The van der Waals surface area contributed by atoms with Gasteiger partial charge in [-0.3, -0.25) is 0 Å². The molecule has 0 radical (unpaired) electrons. The summed E-state index contributed by atoms with van der Waals surface area (Å²) in [5.74, 6) is 2.53. The van der Waals surface area contributed by atoms with E-state index in [9.17, 15) is 0 Å². The van der Waals surface area contributed by atoms with Crippen molar-refractivity contribution in [3.8, 4) is 0 Å². The Kier molecular flexibility index (Phi) is 6.42. The van der Waals surface area contributed by atoms with E-state index in [4.69, 9.17) is 0 Å². The summed E-state index contributed by atoms with van der Waals surface area (Å²) in [6.07, 6.45) is 2.01. The molecule has 0 unspecified atom stereocenters. The van der Waals surface area contributed by atoms with Gasteiger partial charge < -0.3 is 10.2 Å². The Hall–Kier alpha value is -0.970. The lowest BCUT2D eigenvalue weighted by atomic mass is 10.2. The summed E-state index contributed by atoms with van der Waals surface area (Å²) in [5, 5.41) is 4.10. The van der Waals surface area contributed by atoms with Gasteiger partial charge in [0.15, 0.2) is 5.16 Å². The molecular formula is C14H26N4S. The molecule has 4 nitrogen and oxygen atoms in total. The number of hydrogen-bond acceptors (Lipinski definition) is 5. The van der Waals surface area contributed by atoms with E-state index in [1.807, 2.05) is 12.3 Å². The number of anilines is 2. The van der Waals surface area contributed by atoms with E-state index < -0.39 is 0 Å². The van der Waals surface area contributed by atoms with Crippen LogP contribution >= 0.6 is 11.8 Å². The molecule has 1 aromatic heterocycles. The lowest BCUT2D eigenvalue weighted by Gasteiger charge is -2.30. The third-order valence-electron chi connectivity index (χ3n) is 2.71. The highest BCUT2D eigenvalue weighted by Crippen LogP contribution is 2.22. The minimum atomic E-state index is 0.432. The van der Waals surface area contributed by atoms with E-state index in [2.05, 4.69) is 54.8 Å². The van der Waals surface area contributed by atoms with Gasteiger partial charge >= 0.3 is 0 Å². The highest BCUT2D eigenvalue weighted by molar-refractivity contribution is 7.98. The highest BCUT2D eigenvalue weighted by atomic mass is 32.2. The van der Waals surface area contributed by atoms with Crippen LogP contribution in [-0.4, -0.2) is 35.4 Å². The van der Waals surface area contributed by atoms with Crippen molar-refractivity contribution in [2.45, 2.75) is 45.8 Å². The van der Waals surface area contributed by atoms with Crippen molar-refractivity contribution in [1.29, 1.82) is 0 Å². The molecule has 1 N–H and O–H groups in total. The molecule has 1 rings (SSSR count). The molecular weight excluding hydrogens is 256 g/mol. The number of thioether (sulfide) groups is 1. The van der Waals surface area contributed by atoms with Gasteiger partial charge in [0.2, 0.25) is 0 Å². The molecule has 0 aromatic carbocycles. The topological polar surface area (TPSA) is 41.0 Å². The van der Waals surface area contributed by atoms with Crippen molar-refractivity contribution in [3.63, 3.8) is 0 Å². The molecule has 0 amide bonds. The Bertz CT molecular complexity index is 393. The predicted octanol–water partition coefficient (Wildman–Crippen LogP) is 3.50. The van der Waals surface area contributed by atoms with Crippen molar-refractivity contribution in [2.24, 2.45) is 5.92 Å². The number of nitrogens with one attached hydrogen (secondary N) is 1. The van der Waals surface area contributed by atoms with Gasteiger partial charge in [-0.25, -0.2) is 9.97 Å². The highest BCUT2D eigenvalue weighted by Gasteiger charge is 2.15. The van der Waals surface area contributed by atoms with Gasteiger partial charge in [0.1, 0.15) is 11.6 Å². The molecule has 1 aromatic rings. The van der Waals surface area contributed by atoms with Gasteiger partial charge in [0.25, 0.3) is 0 Å². The first-order valence-corrected chi connectivity index (χ1v) is 8.14. The van der Waals surface area contributed by atoms with Crippen molar-refractivity contribution in [1.82, 2.24) is 9.97 Å². The summed E-state index contributed by atoms with van der Waals surface area (Å²) in [4.78, 5) is 11.5. The van der Waals surface area contributed by atoms with Crippen LogP contribution in [0.25, 0.3) is 0 Å². The smallest absolute Gasteiger partial charge is 0.191 e. The van der Waals surface area contributed by atoms with Gasteiger partial charge in [-0.15, -0.1) is 0 Å². The van der Waals surface area contributed by atoms with Crippen LogP contribution in [0, 0.1) is 5.92 Å². The first-order chi connectivity index (χ1) is 8.97. The third kappa shape index (κ3) is 4.90. The third-order valence-corrected chi connectivity index (χ3v) is 3.26. The molecule has 108 valence electrons. The normalized spacial score (nSPS) is 11.2. The van der Waals surface area contributed by atoms with Crippen molar-refractivity contribution in [3.05, 3.63) is 6.07 Å². The molecule has 1 heterocycles. The van der Waals surface area contributed by atoms with Crippen LogP contribution in [0.1, 0.15) is 34.6 Å². The van der Waals surface area contributed by atoms with E-state index in [0.29, 0.717) is 12.0 Å². The van der Waals surface area contributed by atoms with Crippen molar-refractivity contribution in [2.75, 3.05) is 29.6 Å². The maximum absolute atomic E-state index is 4.65. The minimum absolute atomic E-state index is 0.432. The molecule has 0 bridgehead atoms. The van der Waals surface area contributed by atoms with E-state index in [-0.39, 0.29) is 0 Å². The Balaban J connectivity index is 3.09. The Labute approximate surface area is 121 Å². The fourth-order valence-electron chi connectivity index (χ4n) is 1.89. The fraction of sp³-hybridized carbons (Fsp3) is 0.714. The molecule has 0 saturated carbocycles. The van der Waals surface area contributed by atoms with Crippen molar-refractivity contribution < 1.29 is 0 Å². The predicted molar refractivity (Wildman–Crippen MR) is 85.3 cm³/mol. The summed E-state index contributed by atoms with van der Waals surface area (Å²) < 4.78 is 0. The number of aromatic nitrogens is 2. The Morgan fingerprint density at radius 3 is 2.42 bits per heavy atom. The lowest BCUT2D eigenvalue weighted by molar-refractivity contribution is 0.564.